The number of hydrogen-bond donors (Lipinski definition) is 1. The van der Waals surface area contributed by atoms with E-state index < -0.39 is 0 Å². The molecule has 1 aromatic rings. The lowest BCUT2D eigenvalue weighted by Crippen LogP contribution is -2.46. The van der Waals surface area contributed by atoms with Gasteiger partial charge in [-0.2, -0.15) is 0 Å². The first kappa shape index (κ1) is 18.1. The van der Waals surface area contributed by atoms with Crippen molar-refractivity contribution in [3.05, 3.63) is 35.9 Å². The van der Waals surface area contributed by atoms with Gasteiger partial charge in [-0.1, -0.05) is 44.2 Å². The molecule has 2 unspecified atom stereocenters. The fourth-order valence-corrected chi connectivity index (χ4v) is 3.01. The number of rotatable bonds is 10. The molecule has 3 heteroatoms. The van der Waals surface area contributed by atoms with Crippen molar-refractivity contribution in [3.63, 3.8) is 0 Å². The third kappa shape index (κ3) is 5.77. The predicted octanol–water partition coefficient (Wildman–Crippen LogP) is 3.00. The van der Waals surface area contributed by atoms with Crippen molar-refractivity contribution in [2.45, 2.75) is 38.8 Å². The van der Waals surface area contributed by atoms with Gasteiger partial charge in [0.2, 0.25) is 0 Å². The van der Waals surface area contributed by atoms with Crippen LogP contribution in [0.1, 0.15) is 38.3 Å². The molecule has 1 N–H and O–H groups in total. The third-order valence-corrected chi connectivity index (χ3v) is 4.09. The molecule has 0 heterocycles. The molecule has 0 aliphatic heterocycles. The van der Waals surface area contributed by atoms with Crippen molar-refractivity contribution in [3.8, 4) is 0 Å². The highest BCUT2D eigenvalue weighted by Gasteiger charge is 2.25. The molecule has 21 heavy (non-hydrogen) atoms. The molecule has 0 amide bonds. The van der Waals surface area contributed by atoms with E-state index in [9.17, 15) is 0 Å². The summed E-state index contributed by atoms with van der Waals surface area (Å²) in [6.07, 6.45) is 2.36. The summed E-state index contributed by atoms with van der Waals surface area (Å²) in [6, 6.07) is 11.8. The van der Waals surface area contributed by atoms with Gasteiger partial charge in [-0.3, -0.25) is 4.90 Å². The fourth-order valence-electron chi connectivity index (χ4n) is 3.01. The molecule has 0 saturated heterocycles. The molecule has 0 bridgehead atoms. The van der Waals surface area contributed by atoms with Crippen LogP contribution in [0.5, 0.6) is 0 Å². The standard InChI is InChI=1S/C18H33N3/c1-6-13-21(15-14-20(4)5)17(7-2)18(19-3)16-11-9-8-10-12-16/h8-12,17-19H,6-7,13-15H2,1-5H3. The lowest BCUT2D eigenvalue weighted by molar-refractivity contribution is 0.142. The Morgan fingerprint density at radius 2 is 1.67 bits per heavy atom. The Bertz CT molecular complexity index is 364. The van der Waals surface area contributed by atoms with Gasteiger partial charge < -0.3 is 10.2 Å². The molecular formula is C18H33N3. The summed E-state index contributed by atoms with van der Waals surface area (Å²) in [5, 5.41) is 3.54. The molecule has 0 fully saturated rings. The number of nitrogens with zero attached hydrogens (tertiary/aromatic N) is 2. The first-order valence-electron chi connectivity index (χ1n) is 8.25. The van der Waals surface area contributed by atoms with Gasteiger partial charge in [-0.25, -0.2) is 0 Å². The van der Waals surface area contributed by atoms with E-state index in [-0.39, 0.29) is 0 Å². The average Bonchev–Trinajstić information content (AvgIpc) is 2.50. The Labute approximate surface area is 131 Å². The first-order chi connectivity index (χ1) is 10.1. The normalized spacial score (nSPS) is 14.6. The van der Waals surface area contributed by atoms with Gasteiger partial charge in [0, 0.05) is 25.2 Å². The number of nitrogens with one attached hydrogen (secondary N) is 1. The Kier molecular flexibility index (Phi) is 8.58. The van der Waals surface area contributed by atoms with Crippen LogP contribution in [0.4, 0.5) is 0 Å². The Hall–Kier alpha value is -0.900. The Morgan fingerprint density at radius 3 is 2.14 bits per heavy atom. The van der Waals surface area contributed by atoms with Crippen LogP contribution in [0.15, 0.2) is 30.3 Å². The Balaban J connectivity index is 2.88. The van der Waals surface area contributed by atoms with E-state index in [0.29, 0.717) is 12.1 Å². The molecule has 1 rings (SSSR count). The molecule has 2 atom stereocenters. The molecule has 0 aliphatic rings. The highest BCUT2D eigenvalue weighted by Crippen LogP contribution is 2.23. The minimum atomic E-state index is 0.393. The molecule has 0 aliphatic carbocycles. The third-order valence-electron chi connectivity index (χ3n) is 4.09. The zero-order valence-electron chi connectivity index (χ0n) is 14.5. The van der Waals surface area contributed by atoms with Crippen LogP contribution in [0.25, 0.3) is 0 Å². The van der Waals surface area contributed by atoms with Crippen molar-refractivity contribution < 1.29 is 0 Å². The van der Waals surface area contributed by atoms with E-state index in [0.717, 1.165) is 26.1 Å². The average molecular weight is 291 g/mol. The van der Waals surface area contributed by atoms with E-state index in [1.807, 2.05) is 0 Å². The van der Waals surface area contributed by atoms with Gasteiger partial charge in [-0.15, -0.1) is 0 Å². The molecule has 120 valence electrons. The van der Waals surface area contributed by atoms with Crippen LogP contribution in [-0.4, -0.2) is 56.6 Å². The van der Waals surface area contributed by atoms with Crippen molar-refractivity contribution in [2.24, 2.45) is 0 Å². The SMILES string of the molecule is CCCN(CCN(C)C)C(CC)C(NC)c1ccccc1. The van der Waals surface area contributed by atoms with E-state index in [1.165, 1.54) is 12.0 Å². The van der Waals surface area contributed by atoms with Crippen LogP contribution in [0, 0.1) is 0 Å². The quantitative estimate of drug-likeness (QED) is 0.715. The van der Waals surface area contributed by atoms with Crippen molar-refractivity contribution in [2.75, 3.05) is 40.8 Å². The maximum absolute atomic E-state index is 3.54. The van der Waals surface area contributed by atoms with E-state index in [4.69, 9.17) is 0 Å². The summed E-state index contributed by atoms with van der Waals surface area (Å²) in [7, 11) is 6.38. The summed E-state index contributed by atoms with van der Waals surface area (Å²) in [5.74, 6) is 0. The molecule has 0 spiro atoms. The summed E-state index contributed by atoms with van der Waals surface area (Å²) >= 11 is 0. The maximum atomic E-state index is 3.54. The first-order valence-corrected chi connectivity index (χ1v) is 8.25. The van der Waals surface area contributed by atoms with Gasteiger partial charge in [0.25, 0.3) is 0 Å². The number of hydrogen-bond acceptors (Lipinski definition) is 3. The molecule has 0 aromatic heterocycles. The largest absolute Gasteiger partial charge is 0.312 e. The highest BCUT2D eigenvalue weighted by molar-refractivity contribution is 5.20. The topological polar surface area (TPSA) is 18.5 Å². The van der Waals surface area contributed by atoms with Gasteiger partial charge >= 0.3 is 0 Å². The van der Waals surface area contributed by atoms with E-state index in [1.54, 1.807) is 0 Å². The number of likely N-dealkylation sites (N-methyl/N-ethyl adjacent to an activating group) is 2. The van der Waals surface area contributed by atoms with Crippen molar-refractivity contribution in [1.29, 1.82) is 0 Å². The molecule has 0 saturated carbocycles. The van der Waals surface area contributed by atoms with Gasteiger partial charge in [0.15, 0.2) is 0 Å². The van der Waals surface area contributed by atoms with Gasteiger partial charge in [-0.05, 0) is 46.1 Å². The van der Waals surface area contributed by atoms with Crippen LogP contribution in [0.3, 0.4) is 0 Å². The van der Waals surface area contributed by atoms with E-state index in [2.05, 4.69) is 80.4 Å². The molecule has 3 nitrogen and oxygen atoms in total. The summed E-state index contributed by atoms with van der Waals surface area (Å²) < 4.78 is 0. The summed E-state index contributed by atoms with van der Waals surface area (Å²) in [5.41, 5.74) is 1.39. The highest BCUT2D eigenvalue weighted by atomic mass is 15.2. The van der Waals surface area contributed by atoms with E-state index >= 15 is 0 Å². The maximum Gasteiger partial charge on any atom is 0.0475 e. The second-order valence-corrected chi connectivity index (χ2v) is 5.99. The fraction of sp³-hybridized carbons (Fsp3) is 0.667. The smallest absolute Gasteiger partial charge is 0.0475 e. The number of benzene rings is 1. The lowest BCUT2D eigenvalue weighted by atomic mass is 9.95. The predicted molar refractivity (Wildman–Crippen MR) is 92.7 cm³/mol. The minimum Gasteiger partial charge on any atom is -0.312 e. The second kappa shape index (κ2) is 9.93. The van der Waals surface area contributed by atoms with Crippen LogP contribution < -0.4 is 5.32 Å². The van der Waals surface area contributed by atoms with Gasteiger partial charge in [0.1, 0.15) is 0 Å². The van der Waals surface area contributed by atoms with Crippen molar-refractivity contribution in [1.82, 2.24) is 15.1 Å². The van der Waals surface area contributed by atoms with Crippen LogP contribution >= 0.6 is 0 Å². The molecule has 1 aromatic carbocycles. The summed E-state index contributed by atoms with van der Waals surface area (Å²) in [4.78, 5) is 4.92. The lowest BCUT2D eigenvalue weighted by Gasteiger charge is -2.37. The minimum absolute atomic E-state index is 0.393. The zero-order valence-corrected chi connectivity index (χ0v) is 14.5. The Morgan fingerprint density at radius 1 is 1.00 bits per heavy atom. The van der Waals surface area contributed by atoms with Gasteiger partial charge in [0.05, 0.1) is 0 Å². The molecular weight excluding hydrogens is 258 g/mol. The van der Waals surface area contributed by atoms with Crippen LogP contribution in [-0.2, 0) is 0 Å². The van der Waals surface area contributed by atoms with Crippen LogP contribution in [0.2, 0.25) is 0 Å². The second-order valence-electron chi connectivity index (χ2n) is 5.99. The van der Waals surface area contributed by atoms with Crippen molar-refractivity contribution >= 4 is 0 Å². The zero-order chi connectivity index (χ0) is 15.7. The molecule has 0 radical (unpaired) electrons. The summed E-state index contributed by atoms with van der Waals surface area (Å²) in [6.45, 7) is 7.98. The monoisotopic (exact) mass is 291 g/mol.